The number of hydrogen-bond donors (Lipinski definition) is 1. The van der Waals surface area contributed by atoms with Gasteiger partial charge >= 0.3 is 5.69 Å². The maximum Gasteiger partial charge on any atom is 0.310 e. The number of nitrogens with zero attached hydrogens (tertiary/aromatic N) is 3. The van der Waals surface area contributed by atoms with Crippen molar-refractivity contribution in [1.29, 1.82) is 0 Å². The number of carbonyl (C=O) groups is 1. The van der Waals surface area contributed by atoms with E-state index in [1.54, 1.807) is 0 Å². The molecule has 0 spiro atoms. The summed E-state index contributed by atoms with van der Waals surface area (Å²) >= 11 is 0. The maximum atomic E-state index is 12.7. The molecule has 0 aliphatic carbocycles. The van der Waals surface area contributed by atoms with Crippen molar-refractivity contribution in [2.75, 3.05) is 50.6 Å². The third kappa shape index (κ3) is 4.17. The van der Waals surface area contributed by atoms with E-state index < -0.39 is 4.92 Å². The summed E-state index contributed by atoms with van der Waals surface area (Å²) in [5, 5.41) is 13.9. The Balaban J connectivity index is 1.82. The zero-order chi connectivity index (χ0) is 19.4. The lowest BCUT2D eigenvalue weighted by molar-refractivity contribution is -0.385. The first-order chi connectivity index (χ1) is 13.0. The van der Waals surface area contributed by atoms with E-state index in [9.17, 15) is 14.9 Å². The number of likely N-dealkylation sites (N-methyl/N-ethyl adjacent to an activating group) is 1. The largest absolute Gasteiger partial charge is 0.490 e. The molecule has 1 saturated heterocycles. The lowest BCUT2D eigenvalue weighted by Crippen LogP contribution is -2.44. The third-order valence-electron chi connectivity index (χ3n) is 4.63. The summed E-state index contributed by atoms with van der Waals surface area (Å²) in [6.07, 6.45) is 0. The van der Waals surface area contributed by atoms with Crippen molar-refractivity contribution < 1.29 is 14.5 Å². The number of nitro groups is 1. The van der Waals surface area contributed by atoms with Crippen LogP contribution in [0.4, 0.5) is 17.1 Å². The normalized spacial score (nSPS) is 14.7. The Morgan fingerprint density at radius 2 is 1.85 bits per heavy atom. The highest BCUT2D eigenvalue weighted by Gasteiger charge is 2.20. The number of nitro benzene ring substituents is 1. The molecular weight excluding hydrogens is 348 g/mol. The zero-order valence-electron chi connectivity index (χ0n) is 15.3. The van der Waals surface area contributed by atoms with Crippen molar-refractivity contribution >= 4 is 23.0 Å². The van der Waals surface area contributed by atoms with Crippen LogP contribution in [0.1, 0.15) is 10.4 Å². The third-order valence-corrected chi connectivity index (χ3v) is 4.63. The van der Waals surface area contributed by atoms with Crippen molar-refractivity contribution in [3.05, 3.63) is 58.1 Å². The Bertz CT molecular complexity index is 847. The molecular formula is C19H22N4O4. The van der Waals surface area contributed by atoms with Crippen LogP contribution >= 0.6 is 0 Å². The van der Waals surface area contributed by atoms with E-state index >= 15 is 0 Å². The van der Waals surface area contributed by atoms with Crippen LogP contribution < -0.4 is 15.0 Å². The molecule has 142 valence electrons. The van der Waals surface area contributed by atoms with Crippen molar-refractivity contribution in [2.24, 2.45) is 0 Å². The number of rotatable bonds is 5. The number of carbonyl (C=O) groups excluding carboxylic acids is 1. The molecule has 1 amide bonds. The monoisotopic (exact) mass is 370 g/mol. The Morgan fingerprint density at radius 3 is 2.52 bits per heavy atom. The van der Waals surface area contributed by atoms with Crippen molar-refractivity contribution in [3.63, 3.8) is 0 Å². The average Bonchev–Trinajstić information content (AvgIpc) is 2.68. The van der Waals surface area contributed by atoms with Gasteiger partial charge in [-0.2, -0.15) is 0 Å². The molecule has 0 unspecified atom stereocenters. The van der Waals surface area contributed by atoms with Crippen LogP contribution in [0.2, 0.25) is 0 Å². The van der Waals surface area contributed by atoms with Gasteiger partial charge in [0.25, 0.3) is 5.91 Å². The number of ether oxygens (including phenoxy) is 1. The summed E-state index contributed by atoms with van der Waals surface area (Å²) in [6.45, 7) is 3.69. The lowest BCUT2D eigenvalue weighted by atomic mass is 10.1. The molecule has 0 bridgehead atoms. The number of nitrogens with one attached hydrogen (secondary N) is 1. The molecule has 1 heterocycles. The summed E-state index contributed by atoms with van der Waals surface area (Å²) in [6, 6.07) is 11.7. The molecule has 0 aromatic heterocycles. The summed E-state index contributed by atoms with van der Waals surface area (Å²) in [7, 11) is 3.43. The predicted molar refractivity (Wildman–Crippen MR) is 104 cm³/mol. The molecule has 8 nitrogen and oxygen atoms in total. The first kappa shape index (κ1) is 18.7. The van der Waals surface area contributed by atoms with Gasteiger partial charge in [-0.1, -0.05) is 12.1 Å². The number of para-hydroxylation sites is 2. The molecule has 0 radical (unpaired) electrons. The Hall–Kier alpha value is -3.13. The standard InChI is InChI=1S/C19H22N4O4/c1-21-9-11-22(12-10-21)16-6-4-3-5-15(16)20-19(24)14-7-8-17(23(25)26)18(13-14)27-2/h3-8,13H,9-12H2,1-2H3,(H,20,24). The molecule has 2 aromatic rings. The number of amides is 1. The fourth-order valence-corrected chi connectivity index (χ4v) is 3.07. The lowest BCUT2D eigenvalue weighted by Gasteiger charge is -2.35. The van der Waals surface area contributed by atoms with E-state index in [1.807, 2.05) is 24.3 Å². The van der Waals surface area contributed by atoms with Crippen molar-refractivity contribution in [2.45, 2.75) is 0 Å². The second-order valence-electron chi connectivity index (χ2n) is 6.41. The van der Waals surface area contributed by atoms with Gasteiger partial charge in [0, 0.05) is 43.9 Å². The van der Waals surface area contributed by atoms with E-state index in [0.29, 0.717) is 11.3 Å². The number of hydrogen-bond acceptors (Lipinski definition) is 6. The Morgan fingerprint density at radius 1 is 1.15 bits per heavy atom. The van der Waals surface area contributed by atoms with E-state index in [-0.39, 0.29) is 17.3 Å². The second kappa shape index (κ2) is 8.05. The van der Waals surface area contributed by atoms with Gasteiger partial charge in [-0.05, 0) is 25.2 Å². The van der Waals surface area contributed by atoms with Crippen LogP contribution in [-0.4, -0.2) is 56.1 Å². The highest BCUT2D eigenvalue weighted by Crippen LogP contribution is 2.30. The zero-order valence-corrected chi connectivity index (χ0v) is 15.3. The molecule has 2 aromatic carbocycles. The highest BCUT2D eigenvalue weighted by molar-refractivity contribution is 6.06. The van der Waals surface area contributed by atoms with Crippen LogP contribution in [-0.2, 0) is 0 Å². The fourth-order valence-electron chi connectivity index (χ4n) is 3.07. The molecule has 1 fully saturated rings. The second-order valence-corrected chi connectivity index (χ2v) is 6.41. The highest BCUT2D eigenvalue weighted by atomic mass is 16.6. The molecule has 1 N–H and O–H groups in total. The van der Waals surface area contributed by atoms with Crippen molar-refractivity contribution in [3.8, 4) is 5.75 Å². The van der Waals surface area contributed by atoms with Gasteiger partial charge in [-0.25, -0.2) is 0 Å². The van der Waals surface area contributed by atoms with Gasteiger partial charge in [0.05, 0.1) is 23.4 Å². The van der Waals surface area contributed by atoms with Crippen molar-refractivity contribution in [1.82, 2.24) is 4.90 Å². The quantitative estimate of drug-likeness (QED) is 0.643. The smallest absolute Gasteiger partial charge is 0.310 e. The van der Waals surface area contributed by atoms with Crippen LogP contribution in [0.3, 0.4) is 0 Å². The SMILES string of the molecule is COc1cc(C(=O)Nc2ccccc2N2CCN(C)CC2)ccc1[N+](=O)[O-]. The number of methoxy groups -OCH3 is 1. The Labute approximate surface area is 157 Å². The minimum atomic E-state index is -0.538. The first-order valence-electron chi connectivity index (χ1n) is 8.66. The summed E-state index contributed by atoms with van der Waals surface area (Å²) in [5.74, 6) is -0.287. The summed E-state index contributed by atoms with van der Waals surface area (Å²) in [4.78, 5) is 27.7. The number of anilines is 2. The number of piperazine rings is 1. The van der Waals surface area contributed by atoms with Gasteiger partial charge in [0.15, 0.2) is 5.75 Å². The Kier molecular flexibility index (Phi) is 5.56. The van der Waals surface area contributed by atoms with Crippen LogP contribution in [0.25, 0.3) is 0 Å². The van der Waals surface area contributed by atoms with Gasteiger partial charge in [0.1, 0.15) is 0 Å². The first-order valence-corrected chi connectivity index (χ1v) is 8.66. The molecule has 3 rings (SSSR count). The van der Waals surface area contributed by atoms with Crippen LogP contribution in [0.15, 0.2) is 42.5 Å². The van der Waals surface area contributed by atoms with E-state index in [4.69, 9.17) is 4.74 Å². The van der Waals surface area contributed by atoms with Gasteiger partial charge in [-0.3, -0.25) is 14.9 Å². The molecule has 8 heteroatoms. The van der Waals surface area contributed by atoms with E-state index in [1.165, 1.54) is 25.3 Å². The maximum absolute atomic E-state index is 12.7. The van der Waals surface area contributed by atoms with Crippen LogP contribution in [0, 0.1) is 10.1 Å². The van der Waals surface area contributed by atoms with Crippen LogP contribution in [0.5, 0.6) is 5.75 Å². The molecule has 0 atom stereocenters. The van der Waals surface area contributed by atoms with Gasteiger partial charge < -0.3 is 19.9 Å². The molecule has 0 saturated carbocycles. The molecule has 1 aliphatic heterocycles. The molecule has 27 heavy (non-hydrogen) atoms. The van der Waals surface area contributed by atoms with E-state index in [0.717, 1.165) is 31.9 Å². The fraction of sp³-hybridized carbons (Fsp3) is 0.316. The van der Waals surface area contributed by atoms with Gasteiger partial charge in [-0.15, -0.1) is 0 Å². The average molecular weight is 370 g/mol. The topological polar surface area (TPSA) is 88.0 Å². The van der Waals surface area contributed by atoms with E-state index in [2.05, 4.69) is 22.2 Å². The molecule has 1 aliphatic rings. The van der Waals surface area contributed by atoms with Gasteiger partial charge in [0.2, 0.25) is 0 Å². The minimum absolute atomic E-state index is 0.0556. The summed E-state index contributed by atoms with van der Waals surface area (Å²) < 4.78 is 5.04. The predicted octanol–water partition coefficient (Wildman–Crippen LogP) is 2.61. The summed E-state index contributed by atoms with van der Waals surface area (Å²) in [5.41, 5.74) is 1.80. The minimum Gasteiger partial charge on any atom is -0.490 e. The number of benzene rings is 2.